The molecule has 3 aromatic rings. The third-order valence-corrected chi connectivity index (χ3v) is 4.01. The van der Waals surface area contributed by atoms with Crippen LogP contribution in [0.1, 0.15) is 33.5 Å². The molecule has 7 nitrogen and oxygen atoms in total. The van der Waals surface area contributed by atoms with Crippen LogP contribution in [0, 0.1) is 0 Å². The number of rotatable bonds is 5. The first-order valence-corrected chi connectivity index (χ1v) is 8.81. The summed E-state index contributed by atoms with van der Waals surface area (Å²) in [4.78, 5) is 23.6. The Bertz CT molecular complexity index is 1040. The molecule has 0 aromatic carbocycles. The highest BCUT2D eigenvalue weighted by atomic mass is 19.3. The van der Waals surface area contributed by atoms with Crippen LogP contribution in [0.25, 0.3) is 22.2 Å². The zero-order chi connectivity index (χ0) is 20.6. The minimum Gasteiger partial charge on any atom is -0.368 e. The second-order valence-corrected chi connectivity index (χ2v) is 7.07. The summed E-state index contributed by atoms with van der Waals surface area (Å²) in [6.45, 7) is 5.96. The van der Waals surface area contributed by atoms with E-state index in [-0.39, 0.29) is 11.9 Å². The molecular weight excluding hydrogens is 366 g/mol. The van der Waals surface area contributed by atoms with Crippen molar-refractivity contribution >= 4 is 28.4 Å². The topological polar surface area (TPSA) is 84.7 Å². The molecule has 0 aliphatic heterocycles. The van der Waals surface area contributed by atoms with Gasteiger partial charge >= 0.3 is 5.92 Å². The maximum atomic E-state index is 14.0. The van der Waals surface area contributed by atoms with Gasteiger partial charge in [-0.05, 0) is 19.9 Å². The number of halogens is 2. The molecule has 0 aliphatic carbocycles. The minimum absolute atomic E-state index is 0.0177. The van der Waals surface area contributed by atoms with E-state index in [0.29, 0.717) is 22.9 Å². The summed E-state index contributed by atoms with van der Waals surface area (Å²) in [6.07, 6.45) is 3.41. The van der Waals surface area contributed by atoms with E-state index in [1.807, 2.05) is 25.5 Å². The third-order valence-electron chi connectivity index (χ3n) is 4.01. The standard InChI is InChI=1S/C19H22F2N6O/c1-10(2)23-17-7-14(25-18(26-17)19(4,20)21)13-9-27(5)15-8-22-16(6-12(13)15)24-11(3)28/h6-10H,1-5H3,(H,22,24,28)(H,23,25,26). The summed E-state index contributed by atoms with van der Waals surface area (Å²) in [6, 6.07) is 3.36. The van der Waals surface area contributed by atoms with E-state index in [4.69, 9.17) is 0 Å². The molecule has 148 valence electrons. The van der Waals surface area contributed by atoms with Crippen molar-refractivity contribution in [2.24, 2.45) is 7.05 Å². The van der Waals surface area contributed by atoms with Crippen LogP contribution in [0.5, 0.6) is 0 Å². The number of nitrogens with zero attached hydrogens (tertiary/aromatic N) is 4. The number of carbonyl (C=O) groups is 1. The molecule has 0 bridgehead atoms. The SMILES string of the molecule is CC(=O)Nc1cc2c(-c3cc(NC(C)C)nc(C(C)(F)F)n3)cn(C)c2cn1. The van der Waals surface area contributed by atoms with Crippen LogP contribution >= 0.6 is 0 Å². The average Bonchev–Trinajstić information content (AvgIpc) is 2.89. The first-order valence-electron chi connectivity index (χ1n) is 8.81. The Morgan fingerprint density at radius 2 is 1.93 bits per heavy atom. The lowest BCUT2D eigenvalue weighted by atomic mass is 10.1. The first kappa shape index (κ1) is 19.7. The van der Waals surface area contributed by atoms with Gasteiger partial charge in [0.25, 0.3) is 0 Å². The number of pyridine rings is 1. The number of aryl methyl sites for hydroxylation is 1. The molecule has 0 fully saturated rings. The van der Waals surface area contributed by atoms with Gasteiger partial charge in [-0.15, -0.1) is 0 Å². The van der Waals surface area contributed by atoms with Gasteiger partial charge in [0.15, 0.2) is 0 Å². The summed E-state index contributed by atoms with van der Waals surface area (Å²) >= 11 is 0. The van der Waals surface area contributed by atoms with Crippen molar-refractivity contribution in [2.75, 3.05) is 10.6 Å². The van der Waals surface area contributed by atoms with Crippen molar-refractivity contribution in [3.8, 4) is 11.3 Å². The summed E-state index contributed by atoms with van der Waals surface area (Å²) in [7, 11) is 1.83. The fraction of sp³-hybridized carbons (Fsp3) is 0.368. The summed E-state index contributed by atoms with van der Waals surface area (Å²) in [5.74, 6) is -3.28. The number of amides is 1. The van der Waals surface area contributed by atoms with Gasteiger partial charge in [-0.2, -0.15) is 8.78 Å². The van der Waals surface area contributed by atoms with Crippen molar-refractivity contribution in [3.63, 3.8) is 0 Å². The Hall–Kier alpha value is -3.10. The van der Waals surface area contributed by atoms with Crippen LogP contribution in [0.2, 0.25) is 0 Å². The molecule has 0 atom stereocenters. The lowest BCUT2D eigenvalue weighted by Gasteiger charge is -2.15. The maximum Gasteiger partial charge on any atom is 0.303 e. The molecule has 3 rings (SSSR count). The number of anilines is 2. The van der Waals surface area contributed by atoms with Gasteiger partial charge in [0.05, 0.1) is 17.4 Å². The second-order valence-electron chi connectivity index (χ2n) is 7.07. The van der Waals surface area contributed by atoms with Gasteiger partial charge in [-0.25, -0.2) is 15.0 Å². The Morgan fingerprint density at radius 3 is 2.54 bits per heavy atom. The van der Waals surface area contributed by atoms with Crippen molar-refractivity contribution in [3.05, 3.63) is 30.4 Å². The van der Waals surface area contributed by atoms with Crippen LogP contribution in [0.4, 0.5) is 20.4 Å². The highest BCUT2D eigenvalue weighted by Crippen LogP contribution is 2.33. The smallest absolute Gasteiger partial charge is 0.303 e. The average molecular weight is 388 g/mol. The van der Waals surface area contributed by atoms with Gasteiger partial charge in [-0.3, -0.25) is 4.79 Å². The van der Waals surface area contributed by atoms with E-state index in [0.717, 1.165) is 17.8 Å². The summed E-state index contributed by atoms with van der Waals surface area (Å²) in [5, 5.41) is 6.43. The van der Waals surface area contributed by atoms with Crippen LogP contribution in [-0.4, -0.2) is 31.5 Å². The lowest BCUT2D eigenvalue weighted by molar-refractivity contribution is -0.114. The van der Waals surface area contributed by atoms with Gasteiger partial charge in [0, 0.05) is 50.1 Å². The molecule has 3 heterocycles. The Balaban J connectivity index is 2.21. The molecular formula is C19H22F2N6O. The predicted molar refractivity (Wildman–Crippen MR) is 104 cm³/mol. The normalized spacial score (nSPS) is 11.9. The van der Waals surface area contributed by atoms with Crippen molar-refractivity contribution in [2.45, 2.75) is 39.7 Å². The van der Waals surface area contributed by atoms with Gasteiger partial charge in [0.2, 0.25) is 11.7 Å². The number of carbonyl (C=O) groups excluding carboxylic acids is 1. The summed E-state index contributed by atoms with van der Waals surface area (Å²) < 4.78 is 29.8. The van der Waals surface area contributed by atoms with E-state index in [1.165, 1.54) is 6.92 Å². The largest absolute Gasteiger partial charge is 0.368 e. The lowest BCUT2D eigenvalue weighted by Crippen LogP contribution is -2.17. The van der Waals surface area contributed by atoms with E-state index >= 15 is 0 Å². The van der Waals surface area contributed by atoms with Crippen molar-refractivity contribution in [1.29, 1.82) is 0 Å². The number of hydrogen-bond acceptors (Lipinski definition) is 5. The van der Waals surface area contributed by atoms with E-state index < -0.39 is 11.7 Å². The molecule has 0 unspecified atom stereocenters. The zero-order valence-electron chi connectivity index (χ0n) is 16.3. The number of hydrogen-bond donors (Lipinski definition) is 2. The predicted octanol–water partition coefficient (Wildman–Crippen LogP) is 3.92. The molecule has 0 radical (unpaired) electrons. The highest BCUT2D eigenvalue weighted by molar-refractivity contribution is 5.98. The van der Waals surface area contributed by atoms with Crippen LogP contribution < -0.4 is 10.6 Å². The van der Waals surface area contributed by atoms with E-state index in [9.17, 15) is 13.6 Å². The fourth-order valence-corrected chi connectivity index (χ4v) is 2.88. The van der Waals surface area contributed by atoms with Gasteiger partial charge in [0.1, 0.15) is 11.6 Å². The van der Waals surface area contributed by atoms with Crippen molar-refractivity contribution < 1.29 is 13.6 Å². The molecule has 28 heavy (non-hydrogen) atoms. The third kappa shape index (κ3) is 4.08. The van der Waals surface area contributed by atoms with Crippen LogP contribution in [0.3, 0.4) is 0 Å². The number of aromatic nitrogens is 4. The van der Waals surface area contributed by atoms with Crippen LogP contribution in [0.15, 0.2) is 24.5 Å². The van der Waals surface area contributed by atoms with Gasteiger partial charge < -0.3 is 15.2 Å². The van der Waals surface area contributed by atoms with Crippen LogP contribution in [-0.2, 0) is 17.8 Å². The number of nitrogens with one attached hydrogen (secondary N) is 2. The Morgan fingerprint density at radius 1 is 1.21 bits per heavy atom. The monoisotopic (exact) mass is 388 g/mol. The fourth-order valence-electron chi connectivity index (χ4n) is 2.88. The Kier molecular flexibility index (Phi) is 5.01. The zero-order valence-corrected chi connectivity index (χ0v) is 16.3. The quantitative estimate of drug-likeness (QED) is 0.692. The number of fused-ring (bicyclic) bond motifs is 1. The second kappa shape index (κ2) is 7.14. The molecule has 1 amide bonds. The van der Waals surface area contributed by atoms with E-state index in [1.54, 1.807) is 24.5 Å². The molecule has 0 aliphatic rings. The molecule has 0 saturated carbocycles. The maximum absolute atomic E-state index is 14.0. The molecule has 0 spiro atoms. The highest BCUT2D eigenvalue weighted by Gasteiger charge is 2.30. The Labute approximate surface area is 161 Å². The minimum atomic E-state index is -3.18. The summed E-state index contributed by atoms with van der Waals surface area (Å²) in [5.41, 5.74) is 1.79. The molecule has 2 N–H and O–H groups in total. The van der Waals surface area contributed by atoms with Crippen molar-refractivity contribution in [1.82, 2.24) is 19.5 Å². The molecule has 3 aromatic heterocycles. The first-order chi connectivity index (χ1) is 13.0. The molecule has 9 heteroatoms. The molecule has 0 saturated heterocycles. The van der Waals surface area contributed by atoms with Gasteiger partial charge in [-0.1, -0.05) is 0 Å². The number of alkyl halides is 2. The van der Waals surface area contributed by atoms with E-state index in [2.05, 4.69) is 25.6 Å².